The molecule has 0 saturated heterocycles. The Morgan fingerprint density at radius 2 is 2.19 bits per heavy atom. The Kier molecular flexibility index (Phi) is 5.75. The summed E-state index contributed by atoms with van der Waals surface area (Å²) < 4.78 is 0. The van der Waals surface area contributed by atoms with Crippen molar-refractivity contribution in [2.45, 2.75) is 33.1 Å². The van der Waals surface area contributed by atoms with Crippen LogP contribution in [0.25, 0.3) is 0 Å². The van der Waals surface area contributed by atoms with Crippen LogP contribution in [-0.4, -0.2) is 12.8 Å². The maximum absolute atomic E-state index is 4.23. The SMILES string of the molecule is C=C(NCC1=CC(C)=CC=CC1)C1=CC(CC)=C(SC)C1. The quantitative estimate of drug-likeness (QED) is 0.716. The Morgan fingerprint density at radius 3 is 2.86 bits per heavy atom. The summed E-state index contributed by atoms with van der Waals surface area (Å²) in [5.74, 6) is 0. The van der Waals surface area contributed by atoms with Crippen LogP contribution in [0.5, 0.6) is 0 Å². The van der Waals surface area contributed by atoms with E-state index in [2.05, 4.69) is 62.4 Å². The third-order valence-corrected chi connectivity index (χ3v) is 4.81. The second-order valence-electron chi connectivity index (χ2n) is 5.53. The predicted molar refractivity (Wildman–Crippen MR) is 96.3 cm³/mol. The average molecular weight is 299 g/mol. The zero-order chi connectivity index (χ0) is 15.2. The van der Waals surface area contributed by atoms with E-state index in [1.165, 1.54) is 27.2 Å². The van der Waals surface area contributed by atoms with E-state index in [9.17, 15) is 0 Å². The molecule has 0 amide bonds. The molecule has 0 aliphatic heterocycles. The predicted octanol–water partition coefficient (Wildman–Crippen LogP) is 5.28. The molecule has 21 heavy (non-hydrogen) atoms. The van der Waals surface area contributed by atoms with E-state index in [-0.39, 0.29) is 0 Å². The maximum Gasteiger partial charge on any atom is 0.0366 e. The summed E-state index contributed by atoms with van der Waals surface area (Å²) in [4.78, 5) is 1.49. The smallest absolute Gasteiger partial charge is 0.0366 e. The zero-order valence-electron chi connectivity index (χ0n) is 13.3. The van der Waals surface area contributed by atoms with Gasteiger partial charge < -0.3 is 5.32 Å². The van der Waals surface area contributed by atoms with Crippen LogP contribution in [0.3, 0.4) is 0 Å². The van der Waals surface area contributed by atoms with Gasteiger partial charge in [0, 0.05) is 18.7 Å². The minimum absolute atomic E-state index is 0.877. The average Bonchev–Trinajstić information content (AvgIpc) is 2.80. The number of nitrogens with one attached hydrogen (secondary N) is 1. The topological polar surface area (TPSA) is 12.0 Å². The van der Waals surface area contributed by atoms with Crippen LogP contribution in [0, 0.1) is 0 Å². The van der Waals surface area contributed by atoms with Crippen molar-refractivity contribution in [2.24, 2.45) is 0 Å². The number of allylic oxidation sites excluding steroid dienone is 9. The van der Waals surface area contributed by atoms with Crippen LogP contribution >= 0.6 is 11.8 Å². The molecule has 2 rings (SSSR count). The summed E-state index contributed by atoms with van der Waals surface area (Å²) in [6, 6.07) is 0. The highest BCUT2D eigenvalue weighted by molar-refractivity contribution is 8.02. The van der Waals surface area contributed by atoms with Gasteiger partial charge in [0.05, 0.1) is 0 Å². The van der Waals surface area contributed by atoms with Gasteiger partial charge in [-0.15, -0.1) is 11.8 Å². The van der Waals surface area contributed by atoms with Gasteiger partial charge in [-0.3, -0.25) is 0 Å². The Hall–Kier alpha value is -1.41. The van der Waals surface area contributed by atoms with E-state index in [4.69, 9.17) is 0 Å². The van der Waals surface area contributed by atoms with E-state index >= 15 is 0 Å². The number of rotatable bonds is 6. The Morgan fingerprint density at radius 1 is 1.38 bits per heavy atom. The maximum atomic E-state index is 4.23. The van der Waals surface area contributed by atoms with E-state index in [1.807, 2.05) is 11.8 Å². The second-order valence-corrected chi connectivity index (χ2v) is 6.43. The van der Waals surface area contributed by atoms with Crippen LogP contribution in [0.1, 0.15) is 33.1 Å². The summed E-state index contributed by atoms with van der Waals surface area (Å²) in [5, 5.41) is 3.50. The van der Waals surface area contributed by atoms with Crippen molar-refractivity contribution in [1.82, 2.24) is 5.32 Å². The Labute approximate surface area is 133 Å². The lowest BCUT2D eigenvalue weighted by Crippen LogP contribution is -2.17. The van der Waals surface area contributed by atoms with Gasteiger partial charge in [0.25, 0.3) is 0 Å². The highest BCUT2D eigenvalue weighted by atomic mass is 32.2. The van der Waals surface area contributed by atoms with Crippen molar-refractivity contribution in [2.75, 3.05) is 12.8 Å². The van der Waals surface area contributed by atoms with Crippen LogP contribution in [0.15, 0.2) is 69.9 Å². The number of thioether (sulfide) groups is 1. The number of hydrogen-bond donors (Lipinski definition) is 1. The largest absolute Gasteiger partial charge is 0.382 e. The molecule has 1 N–H and O–H groups in total. The van der Waals surface area contributed by atoms with Crippen molar-refractivity contribution in [3.05, 3.63) is 69.9 Å². The first-order valence-corrected chi connectivity index (χ1v) is 8.79. The Balaban J connectivity index is 1.92. The molecule has 0 atom stereocenters. The first kappa shape index (κ1) is 16.0. The summed E-state index contributed by atoms with van der Waals surface area (Å²) in [6.07, 6.45) is 16.4. The molecule has 0 fully saturated rings. The molecular formula is C19H25NS. The van der Waals surface area contributed by atoms with Crippen molar-refractivity contribution in [3.8, 4) is 0 Å². The van der Waals surface area contributed by atoms with Crippen molar-refractivity contribution in [3.63, 3.8) is 0 Å². The lowest BCUT2D eigenvalue weighted by molar-refractivity contribution is 0.857. The molecule has 0 heterocycles. The fourth-order valence-corrected chi connectivity index (χ4v) is 3.42. The van der Waals surface area contributed by atoms with E-state index in [0.717, 1.165) is 31.5 Å². The normalized spacial score (nSPS) is 18.1. The molecule has 0 aromatic heterocycles. The van der Waals surface area contributed by atoms with E-state index in [0.29, 0.717) is 0 Å². The van der Waals surface area contributed by atoms with Crippen molar-refractivity contribution < 1.29 is 0 Å². The minimum atomic E-state index is 0.877. The van der Waals surface area contributed by atoms with Crippen LogP contribution < -0.4 is 5.32 Å². The van der Waals surface area contributed by atoms with Gasteiger partial charge in [-0.1, -0.05) is 49.5 Å². The molecule has 2 aliphatic carbocycles. The first-order chi connectivity index (χ1) is 10.1. The standard InChI is InChI=1S/C19H25NS/c1-5-17-11-18(12-19(17)21-4)15(3)20-13-16-9-7-6-8-14(2)10-16/h6-8,10-11,20H,3,5,9,12-13H2,1-2,4H3. The van der Waals surface area contributed by atoms with Gasteiger partial charge in [0.15, 0.2) is 0 Å². The molecule has 1 nitrogen and oxygen atoms in total. The highest BCUT2D eigenvalue weighted by Crippen LogP contribution is 2.35. The van der Waals surface area contributed by atoms with Gasteiger partial charge in [-0.2, -0.15) is 0 Å². The summed E-state index contributed by atoms with van der Waals surface area (Å²) in [6.45, 7) is 9.47. The fourth-order valence-electron chi connectivity index (χ4n) is 2.65. The first-order valence-electron chi connectivity index (χ1n) is 7.56. The molecule has 0 saturated carbocycles. The van der Waals surface area contributed by atoms with Crippen LogP contribution in [0.2, 0.25) is 0 Å². The molecule has 0 radical (unpaired) electrons. The third-order valence-electron chi connectivity index (χ3n) is 3.91. The molecule has 2 aliphatic rings. The van der Waals surface area contributed by atoms with E-state index in [1.54, 1.807) is 0 Å². The molecule has 112 valence electrons. The molecule has 0 bridgehead atoms. The monoisotopic (exact) mass is 299 g/mol. The minimum Gasteiger partial charge on any atom is -0.382 e. The Bertz CT molecular complexity index is 570. The van der Waals surface area contributed by atoms with Crippen LogP contribution in [0.4, 0.5) is 0 Å². The molecule has 0 unspecified atom stereocenters. The lowest BCUT2D eigenvalue weighted by atomic mass is 10.1. The van der Waals surface area contributed by atoms with Gasteiger partial charge >= 0.3 is 0 Å². The molecule has 0 aromatic carbocycles. The molecule has 0 aromatic rings. The van der Waals surface area contributed by atoms with Crippen molar-refractivity contribution in [1.29, 1.82) is 0 Å². The van der Waals surface area contributed by atoms with E-state index < -0.39 is 0 Å². The summed E-state index contributed by atoms with van der Waals surface area (Å²) >= 11 is 1.87. The lowest BCUT2D eigenvalue weighted by Gasteiger charge is -2.13. The fraction of sp³-hybridized carbons (Fsp3) is 0.368. The van der Waals surface area contributed by atoms with Crippen molar-refractivity contribution >= 4 is 11.8 Å². The zero-order valence-corrected chi connectivity index (χ0v) is 14.1. The van der Waals surface area contributed by atoms with Gasteiger partial charge in [-0.25, -0.2) is 0 Å². The highest BCUT2D eigenvalue weighted by Gasteiger charge is 2.16. The summed E-state index contributed by atoms with van der Waals surface area (Å²) in [5.41, 5.74) is 6.60. The molecule has 0 spiro atoms. The molecule has 2 heteroatoms. The second kappa shape index (κ2) is 7.56. The number of hydrogen-bond acceptors (Lipinski definition) is 2. The van der Waals surface area contributed by atoms with Gasteiger partial charge in [-0.05, 0) is 47.6 Å². The van der Waals surface area contributed by atoms with Gasteiger partial charge in [0.1, 0.15) is 0 Å². The third kappa shape index (κ3) is 4.28. The molecular weight excluding hydrogens is 274 g/mol. The van der Waals surface area contributed by atoms with Crippen LogP contribution in [-0.2, 0) is 0 Å². The van der Waals surface area contributed by atoms with Gasteiger partial charge in [0.2, 0.25) is 0 Å². The summed E-state index contributed by atoms with van der Waals surface area (Å²) in [7, 11) is 0.